The van der Waals surface area contributed by atoms with Crippen LogP contribution in [-0.2, 0) is 4.79 Å². The van der Waals surface area contributed by atoms with Crippen LogP contribution in [0.4, 0.5) is 0 Å². The summed E-state index contributed by atoms with van der Waals surface area (Å²) >= 11 is 4.24. The molecule has 0 atom stereocenters. The van der Waals surface area contributed by atoms with Crippen molar-refractivity contribution in [1.82, 2.24) is 4.90 Å². The molecule has 0 spiro atoms. The molecular formula is C6H11I2NO3. The van der Waals surface area contributed by atoms with E-state index in [4.69, 9.17) is 10.5 Å². The predicted molar refractivity (Wildman–Crippen MR) is 64.4 cm³/mol. The quantitative estimate of drug-likeness (QED) is 0.405. The van der Waals surface area contributed by atoms with Gasteiger partial charge in [0.25, 0.3) is 0 Å². The Morgan fingerprint density at radius 3 is 2.17 bits per heavy atom. The number of carbonyl (C=O) groups is 1. The van der Waals surface area contributed by atoms with Crippen LogP contribution in [0, 0.1) is 0 Å². The summed E-state index contributed by atoms with van der Waals surface area (Å²) in [5, 5.41) is 12.0. The molecule has 72 valence electrons. The maximum Gasteiger partial charge on any atom is 0.226 e. The maximum absolute atomic E-state index is 10.7. The Hall–Kier alpha value is 0.590. The highest BCUT2D eigenvalue weighted by Gasteiger charge is 2.15. The largest absolute Gasteiger partial charge is 0.320 e. The molecule has 1 aliphatic heterocycles. The van der Waals surface area contributed by atoms with Gasteiger partial charge >= 0.3 is 0 Å². The number of hydrogen-bond donors (Lipinski definition) is 2. The molecule has 0 aromatic heterocycles. The third kappa shape index (κ3) is 6.14. The van der Waals surface area contributed by atoms with Crippen molar-refractivity contribution >= 4 is 43.1 Å². The normalized spacial score (nSPS) is 14.0. The minimum Gasteiger partial charge on any atom is -0.320 e. The summed E-state index contributed by atoms with van der Waals surface area (Å²) in [5.41, 5.74) is 0. The van der Waals surface area contributed by atoms with E-state index in [2.05, 4.69) is 43.8 Å². The van der Waals surface area contributed by atoms with Gasteiger partial charge in [-0.2, -0.15) is 0 Å². The molecule has 1 heterocycles. The molecule has 1 fully saturated rings. The number of halogens is 2. The molecule has 6 heteroatoms. The van der Waals surface area contributed by atoms with Crippen molar-refractivity contribution in [2.45, 2.75) is 12.8 Å². The number of amides is 1. The van der Waals surface area contributed by atoms with Crippen LogP contribution in [-0.4, -0.2) is 27.9 Å². The van der Waals surface area contributed by atoms with Crippen LogP contribution in [0.3, 0.4) is 0 Å². The van der Waals surface area contributed by atoms with E-state index in [0.717, 1.165) is 13.0 Å². The number of rotatable bonds is 1. The summed E-state index contributed by atoms with van der Waals surface area (Å²) in [6.07, 6.45) is 3.28. The van der Waals surface area contributed by atoms with Crippen molar-refractivity contribution < 1.29 is 15.3 Å². The first-order valence-corrected chi connectivity index (χ1v) is 9.39. The smallest absolute Gasteiger partial charge is 0.226 e. The van der Waals surface area contributed by atoms with E-state index in [1.807, 2.05) is 0 Å². The zero-order valence-electron chi connectivity index (χ0n) is 6.41. The lowest BCUT2D eigenvalue weighted by Gasteiger charge is -2.05. The summed E-state index contributed by atoms with van der Waals surface area (Å²) in [5.74, 6) is 0.208. The van der Waals surface area contributed by atoms with Gasteiger partial charge in [-0.3, -0.25) is 15.3 Å². The Morgan fingerprint density at radius 1 is 1.50 bits per heavy atom. The van der Waals surface area contributed by atoms with E-state index in [1.54, 1.807) is 11.1 Å². The molecule has 0 radical (unpaired) electrons. The van der Waals surface area contributed by atoms with Gasteiger partial charge in [-0.05, 0) is 12.6 Å². The SMILES string of the molecule is C=CN1CCCC1=O.II.OO. The second-order valence-electron chi connectivity index (χ2n) is 1.87. The lowest BCUT2D eigenvalue weighted by atomic mass is 10.4. The molecule has 1 saturated heterocycles. The molecule has 0 saturated carbocycles. The van der Waals surface area contributed by atoms with E-state index in [0.29, 0.717) is 6.42 Å². The Balaban J connectivity index is 0. The summed E-state index contributed by atoms with van der Waals surface area (Å²) < 4.78 is 0. The Kier molecular flexibility index (Phi) is 14.6. The van der Waals surface area contributed by atoms with Gasteiger partial charge in [-0.1, -0.05) is 6.58 Å². The molecule has 0 aliphatic carbocycles. The van der Waals surface area contributed by atoms with Gasteiger partial charge in [-0.15, -0.1) is 0 Å². The van der Waals surface area contributed by atoms with Crippen molar-refractivity contribution in [3.05, 3.63) is 12.8 Å². The van der Waals surface area contributed by atoms with Crippen LogP contribution in [0.1, 0.15) is 12.8 Å². The molecule has 0 aromatic carbocycles. The molecule has 0 aromatic rings. The van der Waals surface area contributed by atoms with Crippen LogP contribution in [0.15, 0.2) is 12.8 Å². The van der Waals surface area contributed by atoms with Crippen molar-refractivity contribution in [3.8, 4) is 0 Å². The highest BCUT2D eigenvalue weighted by Crippen LogP contribution is 2.08. The van der Waals surface area contributed by atoms with Crippen molar-refractivity contribution in [1.29, 1.82) is 0 Å². The molecule has 4 nitrogen and oxygen atoms in total. The van der Waals surface area contributed by atoms with Gasteiger partial charge in [0.05, 0.1) is 0 Å². The highest BCUT2D eigenvalue weighted by atomic mass is 128. The number of nitrogens with zero attached hydrogens (tertiary/aromatic N) is 1. The zero-order chi connectivity index (χ0) is 9.98. The van der Waals surface area contributed by atoms with Crippen molar-refractivity contribution in [3.63, 3.8) is 0 Å². The van der Waals surface area contributed by atoms with E-state index in [-0.39, 0.29) is 5.91 Å². The molecule has 1 amide bonds. The van der Waals surface area contributed by atoms with Crippen LogP contribution >= 0.6 is 37.2 Å². The minimum absolute atomic E-state index is 0.208. The average Bonchev–Trinajstić information content (AvgIpc) is 2.58. The first kappa shape index (κ1) is 15.1. The fourth-order valence-corrected chi connectivity index (χ4v) is 0.862. The van der Waals surface area contributed by atoms with E-state index >= 15 is 0 Å². The van der Waals surface area contributed by atoms with Crippen LogP contribution in [0.25, 0.3) is 0 Å². The first-order valence-electron chi connectivity index (χ1n) is 3.11. The van der Waals surface area contributed by atoms with Gasteiger partial charge in [0.2, 0.25) is 5.91 Å². The van der Waals surface area contributed by atoms with Gasteiger partial charge in [0.1, 0.15) is 0 Å². The van der Waals surface area contributed by atoms with E-state index < -0.39 is 0 Å². The minimum atomic E-state index is 0.208. The second-order valence-corrected chi connectivity index (χ2v) is 1.87. The molecule has 12 heavy (non-hydrogen) atoms. The Bertz CT molecular complexity index is 132. The topological polar surface area (TPSA) is 60.8 Å². The Labute approximate surface area is 94.9 Å². The molecule has 1 aliphatic rings. The lowest BCUT2D eigenvalue weighted by Crippen LogP contribution is -2.16. The zero-order valence-corrected chi connectivity index (χ0v) is 10.7. The highest BCUT2D eigenvalue weighted by molar-refractivity contribution is 15.0. The summed E-state index contributed by atoms with van der Waals surface area (Å²) in [6, 6.07) is 0. The third-order valence-corrected chi connectivity index (χ3v) is 1.33. The monoisotopic (exact) mass is 399 g/mol. The van der Waals surface area contributed by atoms with E-state index in [1.165, 1.54) is 0 Å². The molecule has 1 rings (SSSR count). The van der Waals surface area contributed by atoms with E-state index in [9.17, 15) is 4.79 Å². The van der Waals surface area contributed by atoms with Crippen LogP contribution in [0.2, 0.25) is 0 Å². The van der Waals surface area contributed by atoms with Crippen LogP contribution in [0.5, 0.6) is 0 Å². The predicted octanol–water partition coefficient (Wildman–Crippen LogP) is 2.54. The molecule has 2 N–H and O–H groups in total. The molecule has 0 bridgehead atoms. The van der Waals surface area contributed by atoms with Gasteiger partial charge in [0, 0.05) is 50.2 Å². The standard InChI is InChI=1S/C6H9NO.I2.H2O2/c1-2-7-5-3-4-6(7)8;2*1-2/h2H,1,3-5H2;;1-2H. The van der Waals surface area contributed by atoms with Gasteiger partial charge < -0.3 is 4.90 Å². The molecular weight excluding hydrogens is 388 g/mol. The second kappa shape index (κ2) is 11.6. The number of hydrogen-bond acceptors (Lipinski definition) is 3. The van der Waals surface area contributed by atoms with Gasteiger partial charge in [0.15, 0.2) is 0 Å². The molecule has 0 unspecified atom stereocenters. The number of carbonyl (C=O) groups excluding carboxylic acids is 1. The maximum atomic E-state index is 10.7. The third-order valence-electron chi connectivity index (χ3n) is 1.33. The van der Waals surface area contributed by atoms with Gasteiger partial charge in [-0.25, -0.2) is 0 Å². The van der Waals surface area contributed by atoms with Crippen LogP contribution < -0.4 is 0 Å². The summed E-state index contributed by atoms with van der Waals surface area (Å²) in [6.45, 7) is 4.36. The summed E-state index contributed by atoms with van der Waals surface area (Å²) in [4.78, 5) is 12.3. The Morgan fingerprint density at radius 2 is 2.00 bits per heavy atom. The lowest BCUT2D eigenvalue weighted by molar-refractivity contribution is -0.176. The first-order chi connectivity index (χ1) is 5.84. The fraction of sp³-hybridized carbons (Fsp3) is 0.500. The van der Waals surface area contributed by atoms with Crippen molar-refractivity contribution in [2.24, 2.45) is 0 Å². The van der Waals surface area contributed by atoms with Crippen molar-refractivity contribution in [2.75, 3.05) is 6.54 Å². The fourth-order valence-electron chi connectivity index (χ4n) is 0.862. The summed E-state index contributed by atoms with van der Waals surface area (Å²) in [7, 11) is 0. The average molecular weight is 399 g/mol. The number of likely N-dealkylation sites (tertiary alicyclic amines) is 1.